The average molecular weight is 157 g/mol. The molecule has 0 amide bonds. The molecule has 0 heterocycles. The van der Waals surface area contributed by atoms with Crippen molar-refractivity contribution in [3.63, 3.8) is 0 Å². The van der Waals surface area contributed by atoms with Gasteiger partial charge in [-0.15, -0.1) is 0 Å². The van der Waals surface area contributed by atoms with Gasteiger partial charge in [0.1, 0.15) is 0 Å². The summed E-state index contributed by atoms with van der Waals surface area (Å²) in [5.74, 6) is 0.928. The summed E-state index contributed by atoms with van der Waals surface area (Å²) in [6.45, 7) is 2.13. The van der Waals surface area contributed by atoms with E-state index in [1.54, 1.807) is 7.11 Å². The molecule has 11 heavy (non-hydrogen) atoms. The lowest BCUT2D eigenvalue weighted by Crippen LogP contribution is -2.31. The Bertz CT molecular complexity index is 112. The Morgan fingerprint density at radius 3 is 2.55 bits per heavy atom. The van der Waals surface area contributed by atoms with Gasteiger partial charge in [0, 0.05) is 13.2 Å². The third-order valence-electron chi connectivity index (χ3n) is 2.55. The number of rotatable bonds is 5. The van der Waals surface area contributed by atoms with Crippen molar-refractivity contribution in [3.8, 4) is 0 Å². The maximum atomic E-state index is 5.22. The van der Waals surface area contributed by atoms with Crippen LogP contribution in [0.2, 0.25) is 0 Å². The van der Waals surface area contributed by atoms with E-state index in [2.05, 4.69) is 12.2 Å². The number of ether oxygens (including phenoxy) is 1. The minimum absolute atomic E-state index is 0.396. The van der Waals surface area contributed by atoms with E-state index in [4.69, 9.17) is 4.74 Å². The summed E-state index contributed by atoms with van der Waals surface area (Å²) in [7, 11) is 3.83. The van der Waals surface area contributed by atoms with Gasteiger partial charge in [-0.2, -0.15) is 0 Å². The summed E-state index contributed by atoms with van der Waals surface area (Å²) >= 11 is 0. The van der Waals surface area contributed by atoms with Crippen LogP contribution in [0, 0.1) is 5.92 Å². The first-order chi connectivity index (χ1) is 5.27. The molecule has 1 rings (SSSR count). The van der Waals surface area contributed by atoms with Crippen LogP contribution < -0.4 is 5.32 Å². The van der Waals surface area contributed by atoms with Crippen molar-refractivity contribution in [1.29, 1.82) is 0 Å². The lowest BCUT2D eigenvalue weighted by Gasteiger charge is -2.18. The highest BCUT2D eigenvalue weighted by molar-refractivity contribution is 4.86. The Kier molecular flexibility index (Phi) is 3.34. The van der Waals surface area contributed by atoms with E-state index in [0.717, 1.165) is 12.3 Å². The van der Waals surface area contributed by atoms with Gasteiger partial charge in [0.2, 0.25) is 0 Å². The van der Waals surface area contributed by atoms with E-state index in [9.17, 15) is 0 Å². The summed E-state index contributed by atoms with van der Waals surface area (Å²) in [6.07, 6.45) is 4.36. The molecule has 0 saturated heterocycles. The van der Waals surface area contributed by atoms with Gasteiger partial charge < -0.3 is 10.1 Å². The fourth-order valence-corrected chi connectivity index (χ4v) is 1.50. The Morgan fingerprint density at radius 2 is 2.18 bits per heavy atom. The standard InChI is InChI=1S/C9H19NO/c1-7(11-3)6-9(10-2)8-4-5-8/h7-10H,4-6H2,1-3H3. The molecule has 0 aromatic carbocycles. The number of nitrogens with one attached hydrogen (secondary N) is 1. The average Bonchev–Trinajstić information content (AvgIpc) is 2.82. The van der Waals surface area contributed by atoms with Crippen LogP contribution in [-0.2, 0) is 4.74 Å². The Hall–Kier alpha value is -0.0800. The molecule has 2 unspecified atom stereocenters. The molecule has 1 N–H and O–H groups in total. The quantitative estimate of drug-likeness (QED) is 0.651. The van der Waals surface area contributed by atoms with Crippen molar-refractivity contribution in [3.05, 3.63) is 0 Å². The molecule has 1 saturated carbocycles. The largest absolute Gasteiger partial charge is 0.382 e. The molecule has 66 valence electrons. The molecular weight excluding hydrogens is 138 g/mol. The summed E-state index contributed by atoms with van der Waals surface area (Å²) in [5, 5.41) is 3.35. The van der Waals surface area contributed by atoms with Crippen molar-refractivity contribution in [2.45, 2.75) is 38.3 Å². The van der Waals surface area contributed by atoms with Crippen LogP contribution in [0.25, 0.3) is 0 Å². The van der Waals surface area contributed by atoms with Crippen molar-refractivity contribution < 1.29 is 4.74 Å². The lowest BCUT2D eigenvalue weighted by molar-refractivity contribution is 0.0987. The zero-order valence-electron chi connectivity index (χ0n) is 7.76. The highest BCUT2D eigenvalue weighted by atomic mass is 16.5. The molecule has 2 nitrogen and oxygen atoms in total. The van der Waals surface area contributed by atoms with Gasteiger partial charge in [-0.3, -0.25) is 0 Å². The third-order valence-corrected chi connectivity index (χ3v) is 2.55. The molecule has 0 aromatic heterocycles. The van der Waals surface area contributed by atoms with Crippen LogP contribution in [0.15, 0.2) is 0 Å². The van der Waals surface area contributed by atoms with Crippen molar-refractivity contribution in [2.24, 2.45) is 5.92 Å². The van der Waals surface area contributed by atoms with Crippen LogP contribution in [0.5, 0.6) is 0 Å². The van der Waals surface area contributed by atoms with Gasteiger partial charge in [-0.25, -0.2) is 0 Å². The molecule has 0 aromatic rings. The van der Waals surface area contributed by atoms with E-state index in [1.807, 2.05) is 7.05 Å². The predicted molar refractivity (Wildman–Crippen MR) is 46.7 cm³/mol. The maximum Gasteiger partial charge on any atom is 0.0558 e. The first-order valence-corrected chi connectivity index (χ1v) is 4.48. The zero-order chi connectivity index (χ0) is 8.27. The van der Waals surface area contributed by atoms with Crippen LogP contribution in [0.4, 0.5) is 0 Å². The lowest BCUT2D eigenvalue weighted by atomic mass is 10.1. The molecule has 1 aliphatic carbocycles. The second-order valence-electron chi connectivity index (χ2n) is 3.51. The molecular formula is C9H19NO. The Balaban J connectivity index is 2.19. The maximum absolute atomic E-state index is 5.22. The van der Waals surface area contributed by atoms with Gasteiger partial charge >= 0.3 is 0 Å². The number of methoxy groups -OCH3 is 1. The minimum Gasteiger partial charge on any atom is -0.382 e. The molecule has 1 fully saturated rings. The van der Waals surface area contributed by atoms with Gasteiger partial charge in [0.05, 0.1) is 6.10 Å². The fourth-order valence-electron chi connectivity index (χ4n) is 1.50. The first-order valence-electron chi connectivity index (χ1n) is 4.48. The van der Waals surface area contributed by atoms with E-state index in [-0.39, 0.29) is 0 Å². The predicted octanol–water partition coefficient (Wildman–Crippen LogP) is 1.41. The molecule has 0 spiro atoms. The number of hydrogen-bond acceptors (Lipinski definition) is 2. The van der Waals surface area contributed by atoms with Crippen molar-refractivity contribution in [2.75, 3.05) is 14.2 Å². The monoisotopic (exact) mass is 157 g/mol. The van der Waals surface area contributed by atoms with E-state index in [1.165, 1.54) is 12.8 Å². The molecule has 2 atom stereocenters. The van der Waals surface area contributed by atoms with Gasteiger partial charge in [-0.05, 0) is 39.2 Å². The van der Waals surface area contributed by atoms with Crippen LogP contribution in [0.3, 0.4) is 0 Å². The first kappa shape index (κ1) is 9.01. The van der Waals surface area contributed by atoms with Crippen molar-refractivity contribution >= 4 is 0 Å². The summed E-state index contributed by atoms with van der Waals surface area (Å²) in [5.41, 5.74) is 0. The second-order valence-corrected chi connectivity index (χ2v) is 3.51. The Morgan fingerprint density at radius 1 is 1.55 bits per heavy atom. The van der Waals surface area contributed by atoms with E-state index >= 15 is 0 Å². The van der Waals surface area contributed by atoms with Crippen molar-refractivity contribution in [1.82, 2.24) is 5.32 Å². The molecule has 2 heteroatoms. The van der Waals surface area contributed by atoms with Gasteiger partial charge in [0.25, 0.3) is 0 Å². The van der Waals surface area contributed by atoms with E-state index in [0.29, 0.717) is 12.1 Å². The van der Waals surface area contributed by atoms with Crippen LogP contribution in [-0.4, -0.2) is 26.3 Å². The second kappa shape index (κ2) is 4.07. The molecule has 0 radical (unpaired) electrons. The number of hydrogen-bond donors (Lipinski definition) is 1. The van der Waals surface area contributed by atoms with Gasteiger partial charge in [-0.1, -0.05) is 0 Å². The molecule has 1 aliphatic rings. The van der Waals surface area contributed by atoms with E-state index < -0.39 is 0 Å². The smallest absolute Gasteiger partial charge is 0.0558 e. The topological polar surface area (TPSA) is 21.3 Å². The Labute approximate surface area is 69.3 Å². The van der Waals surface area contributed by atoms with Crippen LogP contribution >= 0.6 is 0 Å². The highest BCUT2D eigenvalue weighted by Gasteiger charge is 2.30. The third kappa shape index (κ3) is 2.80. The fraction of sp³-hybridized carbons (Fsp3) is 1.00. The molecule has 0 bridgehead atoms. The summed E-state index contributed by atoms with van der Waals surface area (Å²) in [6, 6.07) is 0.685. The molecule has 0 aliphatic heterocycles. The summed E-state index contributed by atoms with van der Waals surface area (Å²) < 4.78 is 5.22. The van der Waals surface area contributed by atoms with Gasteiger partial charge in [0.15, 0.2) is 0 Å². The SMILES string of the molecule is CNC(CC(C)OC)C1CC1. The summed E-state index contributed by atoms with van der Waals surface area (Å²) in [4.78, 5) is 0. The minimum atomic E-state index is 0.396. The highest BCUT2D eigenvalue weighted by Crippen LogP contribution is 2.34. The normalized spacial score (nSPS) is 23.2. The van der Waals surface area contributed by atoms with Crippen LogP contribution in [0.1, 0.15) is 26.2 Å². The zero-order valence-corrected chi connectivity index (χ0v) is 7.76.